The Labute approximate surface area is 79.8 Å². The van der Waals surface area contributed by atoms with Crippen molar-refractivity contribution in [2.45, 2.75) is 13.8 Å². The quantitative estimate of drug-likeness (QED) is 0.623. The summed E-state index contributed by atoms with van der Waals surface area (Å²) < 4.78 is 0. The molecule has 0 saturated carbocycles. The van der Waals surface area contributed by atoms with Crippen LogP contribution in [-0.4, -0.2) is 12.3 Å². The fourth-order valence-corrected chi connectivity index (χ4v) is 1.29. The molecule has 0 atom stereocenters. The molecule has 0 aliphatic heterocycles. The third-order valence-corrected chi connectivity index (χ3v) is 1.94. The zero-order valence-corrected chi connectivity index (χ0v) is 8.25. The lowest BCUT2D eigenvalue weighted by Crippen LogP contribution is -1.99. The molecule has 0 amide bonds. The summed E-state index contributed by atoms with van der Waals surface area (Å²) in [5.41, 5.74) is 3.41. The normalized spacial score (nSPS) is 11.4. The van der Waals surface area contributed by atoms with E-state index in [9.17, 15) is 0 Å². The van der Waals surface area contributed by atoms with Gasteiger partial charge in [-0.1, -0.05) is 30.8 Å². The first-order valence-corrected chi connectivity index (χ1v) is 4.52. The molecule has 0 aromatic heterocycles. The molecule has 1 aromatic carbocycles. The van der Waals surface area contributed by atoms with Crippen LogP contribution in [0.15, 0.2) is 41.9 Å². The molecule has 0 bridgehead atoms. The van der Waals surface area contributed by atoms with Gasteiger partial charge in [-0.2, -0.15) is 0 Å². The maximum absolute atomic E-state index is 4.37. The van der Waals surface area contributed by atoms with Crippen molar-refractivity contribution in [3.8, 4) is 0 Å². The van der Waals surface area contributed by atoms with Crippen molar-refractivity contribution in [3.63, 3.8) is 0 Å². The number of hydrogen-bond donors (Lipinski definition) is 0. The molecule has 1 aromatic rings. The number of aryl methyl sites for hydroxylation is 1. The van der Waals surface area contributed by atoms with Crippen molar-refractivity contribution < 1.29 is 0 Å². The van der Waals surface area contributed by atoms with E-state index in [1.807, 2.05) is 25.1 Å². The van der Waals surface area contributed by atoms with Gasteiger partial charge in [-0.05, 0) is 25.5 Å². The second kappa shape index (κ2) is 4.61. The lowest BCUT2D eigenvalue weighted by atomic mass is 10.0. The van der Waals surface area contributed by atoms with Gasteiger partial charge in [0.15, 0.2) is 0 Å². The molecule has 13 heavy (non-hydrogen) atoms. The van der Waals surface area contributed by atoms with Gasteiger partial charge in [0.2, 0.25) is 0 Å². The van der Waals surface area contributed by atoms with Crippen LogP contribution in [0, 0.1) is 6.92 Å². The standard InChI is InChI=1S/C12H15N/c1-4-12(13-5-2)11-9-7-6-8-10(11)3/h4,6-9H,1,5H2,2-3H3/b13-12-. The van der Waals surface area contributed by atoms with E-state index in [2.05, 4.69) is 30.6 Å². The number of hydrogen-bond acceptors (Lipinski definition) is 1. The molecular formula is C12H15N. The van der Waals surface area contributed by atoms with Crippen LogP contribution in [0.5, 0.6) is 0 Å². The van der Waals surface area contributed by atoms with Gasteiger partial charge in [-0.25, -0.2) is 0 Å². The molecule has 0 spiro atoms. The van der Waals surface area contributed by atoms with Crippen LogP contribution in [0.2, 0.25) is 0 Å². The van der Waals surface area contributed by atoms with E-state index >= 15 is 0 Å². The Balaban J connectivity index is 3.12. The van der Waals surface area contributed by atoms with Crippen molar-refractivity contribution in [2.75, 3.05) is 6.54 Å². The van der Waals surface area contributed by atoms with Crippen molar-refractivity contribution in [1.29, 1.82) is 0 Å². The Hall–Kier alpha value is -1.37. The van der Waals surface area contributed by atoms with E-state index < -0.39 is 0 Å². The highest BCUT2D eigenvalue weighted by molar-refractivity contribution is 6.09. The second-order valence-corrected chi connectivity index (χ2v) is 2.88. The lowest BCUT2D eigenvalue weighted by Gasteiger charge is -2.04. The molecule has 1 heteroatoms. The number of benzene rings is 1. The van der Waals surface area contributed by atoms with E-state index in [1.54, 1.807) is 0 Å². The van der Waals surface area contributed by atoms with Gasteiger partial charge in [0.1, 0.15) is 0 Å². The lowest BCUT2D eigenvalue weighted by molar-refractivity contribution is 1.13. The zero-order valence-electron chi connectivity index (χ0n) is 8.25. The highest BCUT2D eigenvalue weighted by atomic mass is 14.7. The molecule has 0 saturated heterocycles. The van der Waals surface area contributed by atoms with Gasteiger partial charge < -0.3 is 0 Å². The van der Waals surface area contributed by atoms with Crippen LogP contribution in [0.4, 0.5) is 0 Å². The number of rotatable bonds is 3. The molecule has 1 nitrogen and oxygen atoms in total. The SMILES string of the molecule is C=C/C(=N/CC)c1ccccc1C. The van der Waals surface area contributed by atoms with Gasteiger partial charge in [0.25, 0.3) is 0 Å². The van der Waals surface area contributed by atoms with Crippen molar-refractivity contribution in [1.82, 2.24) is 0 Å². The third-order valence-electron chi connectivity index (χ3n) is 1.94. The first kappa shape index (κ1) is 9.72. The topological polar surface area (TPSA) is 12.4 Å². The van der Waals surface area contributed by atoms with Crippen molar-refractivity contribution >= 4 is 5.71 Å². The Morgan fingerprint density at radius 1 is 1.46 bits per heavy atom. The fraction of sp³-hybridized carbons (Fsp3) is 0.250. The minimum atomic E-state index is 0.801. The zero-order chi connectivity index (χ0) is 9.68. The van der Waals surface area contributed by atoms with E-state index in [0.717, 1.165) is 12.3 Å². The molecule has 0 unspecified atom stereocenters. The smallest absolute Gasteiger partial charge is 0.0643 e. The molecular weight excluding hydrogens is 158 g/mol. The van der Waals surface area contributed by atoms with Gasteiger partial charge in [0.05, 0.1) is 5.71 Å². The summed E-state index contributed by atoms with van der Waals surface area (Å²) in [5.74, 6) is 0. The van der Waals surface area contributed by atoms with E-state index in [1.165, 1.54) is 11.1 Å². The first-order chi connectivity index (χ1) is 6.29. The monoisotopic (exact) mass is 173 g/mol. The van der Waals surface area contributed by atoms with E-state index in [-0.39, 0.29) is 0 Å². The van der Waals surface area contributed by atoms with Crippen molar-refractivity contribution in [3.05, 3.63) is 48.0 Å². The molecule has 0 aliphatic rings. The molecule has 0 N–H and O–H groups in total. The van der Waals surface area contributed by atoms with Crippen LogP contribution in [0.3, 0.4) is 0 Å². The van der Waals surface area contributed by atoms with Gasteiger partial charge in [0, 0.05) is 12.1 Å². The Morgan fingerprint density at radius 2 is 2.15 bits per heavy atom. The third kappa shape index (κ3) is 2.28. The Bertz CT molecular complexity index is 324. The fourth-order valence-electron chi connectivity index (χ4n) is 1.29. The Kier molecular flexibility index (Phi) is 3.44. The number of nitrogens with zero attached hydrogens (tertiary/aromatic N) is 1. The average molecular weight is 173 g/mol. The highest BCUT2D eigenvalue weighted by Gasteiger charge is 2.00. The molecule has 0 aliphatic carbocycles. The molecule has 0 radical (unpaired) electrons. The summed E-state index contributed by atoms with van der Waals surface area (Å²) >= 11 is 0. The van der Waals surface area contributed by atoms with Crippen LogP contribution in [-0.2, 0) is 0 Å². The van der Waals surface area contributed by atoms with Gasteiger partial charge in [-0.3, -0.25) is 4.99 Å². The summed E-state index contributed by atoms with van der Waals surface area (Å²) in [6, 6.07) is 8.22. The Morgan fingerprint density at radius 3 is 2.69 bits per heavy atom. The summed E-state index contributed by atoms with van der Waals surface area (Å²) in [6.07, 6.45) is 1.81. The van der Waals surface area contributed by atoms with E-state index in [4.69, 9.17) is 0 Å². The molecule has 68 valence electrons. The predicted octanol–water partition coefficient (Wildman–Crippen LogP) is 2.99. The number of allylic oxidation sites excluding steroid dienone is 1. The summed E-state index contributed by atoms with van der Waals surface area (Å²) in [4.78, 5) is 4.37. The average Bonchev–Trinajstić information content (AvgIpc) is 2.16. The van der Waals surface area contributed by atoms with Crippen LogP contribution in [0.1, 0.15) is 18.1 Å². The summed E-state index contributed by atoms with van der Waals surface area (Å²) in [5, 5.41) is 0. The predicted molar refractivity (Wildman–Crippen MR) is 58.5 cm³/mol. The summed E-state index contributed by atoms with van der Waals surface area (Å²) in [6.45, 7) is 8.68. The maximum atomic E-state index is 4.37. The largest absolute Gasteiger partial charge is 0.285 e. The van der Waals surface area contributed by atoms with Crippen LogP contribution in [0.25, 0.3) is 0 Å². The maximum Gasteiger partial charge on any atom is 0.0643 e. The van der Waals surface area contributed by atoms with Gasteiger partial charge in [-0.15, -0.1) is 0 Å². The van der Waals surface area contributed by atoms with Crippen LogP contribution >= 0.6 is 0 Å². The highest BCUT2D eigenvalue weighted by Crippen LogP contribution is 2.09. The molecule has 0 heterocycles. The first-order valence-electron chi connectivity index (χ1n) is 4.52. The molecule has 1 rings (SSSR count). The minimum Gasteiger partial charge on any atom is -0.285 e. The molecule has 0 fully saturated rings. The minimum absolute atomic E-state index is 0.801. The summed E-state index contributed by atoms with van der Waals surface area (Å²) in [7, 11) is 0. The number of aliphatic imine (C=N–C) groups is 1. The second-order valence-electron chi connectivity index (χ2n) is 2.88. The van der Waals surface area contributed by atoms with Crippen molar-refractivity contribution in [2.24, 2.45) is 4.99 Å². The van der Waals surface area contributed by atoms with Gasteiger partial charge >= 0.3 is 0 Å². The van der Waals surface area contributed by atoms with Crippen LogP contribution < -0.4 is 0 Å². The van der Waals surface area contributed by atoms with E-state index in [0.29, 0.717) is 0 Å².